The zero-order chi connectivity index (χ0) is 18.6. The molecule has 0 amide bonds. The lowest BCUT2D eigenvalue weighted by Gasteiger charge is -2.12. The van der Waals surface area contributed by atoms with Crippen LogP contribution in [-0.2, 0) is 6.54 Å². The Kier molecular flexibility index (Phi) is 4.75. The molecule has 134 valence electrons. The lowest BCUT2D eigenvalue weighted by atomic mass is 10.1. The summed E-state index contributed by atoms with van der Waals surface area (Å²) in [5, 5.41) is 0. The van der Waals surface area contributed by atoms with E-state index in [4.69, 9.17) is 4.42 Å². The van der Waals surface area contributed by atoms with Crippen LogP contribution in [0.25, 0.3) is 28.3 Å². The van der Waals surface area contributed by atoms with Crippen LogP contribution < -0.4 is 9.47 Å². The van der Waals surface area contributed by atoms with Gasteiger partial charge in [0.05, 0.1) is 6.08 Å². The number of benzene rings is 3. The number of aryl methyl sites for hydroxylation is 1. The molecule has 0 N–H and O–H groups in total. The molecule has 0 bridgehead atoms. The molecule has 4 rings (SSSR count). The molecule has 4 aromatic rings. The summed E-state index contributed by atoms with van der Waals surface area (Å²) < 4.78 is 8.32. The van der Waals surface area contributed by atoms with Crippen LogP contribution in [0.4, 0.5) is 5.69 Å². The monoisotopic (exact) mass is 355 g/mol. The minimum absolute atomic E-state index is 0.847. The van der Waals surface area contributed by atoms with Crippen molar-refractivity contribution >= 4 is 22.9 Å². The maximum Gasteiger partial charge on any atom is 0.375 e. The molecule has 0 aliphatic heterocycles. The van der Waals surface area contributed by atoms with Crippen LogP contribution in [0.2, 0.25) is 0 Å². The predicted molar refractivity (Wildman–Crippen MR) is 111 cm³/mol. The summed E-state index contributed by atoms with van der Waals surface area (Å²) in [6.45, 7) is 2.99. The van der Waals surface area contributed by atoms with E-state index in [9.17, 15) is 0 Å². The first-order valence-electron chi connectivity index (χ1n) is 9.24. The summed E-state index contributed by atoms with van der Waals surface area (Å²) in [5.74, 6) is 0.848. The van der Waals surface area contributed by atoms with Crippen molar-refractivity contribution < 1.29 is 8.98 Å². The molecule has 3 heteroatoms. The van der Waals surface area contributed by atoms with Crippen LogP contribution in [0.5, 0.6) is 0 Å². The highest BCUT2D eigenvalue weighted by atomic mass is 16.3. The molecule has 0 radical (unpaired) electrons. The van der Waals surface area contributed by atoms with E-state index in [1.54, 1.807) is 0 Å². The number of hydrogen-bond donors (Lipinski definition) is 0. The second-order valence-corrected chi connectivity index (χ2v) is 6.50. The van der Waals surface area contributed by atoms with E-state index in [-0.39, 0.29) is 0 Å². The summed E-state index contributed by atoms with van der Waals surface area (Å²) in [5.41, 5.74) is 5.56. The molecule has 3 aromatic carbocycles. The van der Waals surface area contributed by atoms with Crippen LogP contribution in [0.1, 0.15) is 12.8 Å². The van der Waals surface area contributed by atoms with Gasteiger partial charge in [-0.05, 0) is 36.2 Å². The average Bonchev–Trinajstić information content (AvgIpc) is 3.10. The normalized spacial score (nSPS) is 11.3. The lowest BCUT2D eigenvalue weighted by Crippen LogP contribution is -2.33. The van der Waals surface area contributed by atoms with Crippen LogP contribution in [0, 0.1) is 0 Å². The molecule has 1 aromatic heterocycles. The highest BCUT2D eigenvalue weighted by Crippen LogP contribution is 2.24. The second kappa shape index (κ2) is 7.50. The minimum Gasteiger partial charge on any atom is -0.398 e. The van der Waals surface area contributed by atoms with Crippen molar-refractivity contribution in [3.05, 3.63) is 91.0 Å². The summed E-state index contributed by atoms with van der Waals surface area (Å²) in [6, 6.07) is 27.1. The summed E-state index contributed by atoms with van der Waals surface area (Å²) in [6.07, 6.45) is 4.07. The fourth-order valence-electron chi connectivity index (χ4n) is 3.29. The molecule has 0 spiro atoms. The topological polar surface area (TPSA) is 20.3 Å². The number of rotatable bonds is 5. The van der Waals surface area contributed by atoms with E-state index < -0.39 is 0 Å². The van der Waals surface area contributed by atoms with Gasteiger partial charge in [0.2, 0.25) is 5.58 Å². The number of oxazole rings is 1. The van der Waals surface area contributed by atoms with E-state index in [2.05, 4.69) is 71.0 Å². The van der Waals surface area contributed by atoms with Crippen molar-refractivity contribution in [3.63, 3.8) is 0 Å². The fourth-order valence-corrected chi connectivity index (χ4v) is 3.29. The van der Waals surface area contributed by atoms with Crippen molar-refractivity contribution in [2.75, 3.05) is 11.9 Å². The van der Waals surface area contributed by atoms with E-state index in [1.807, 2.05) is 43.6 Å². The molecular formula is C24H23N2O+. The van der Waals surface area contributed by atoms with Crippen LogP contribution in [-0.4, -0.2) is 7.05 Å². The van der Waals surface area contributed by atoms with Crippen molar-refractivity contribution in [2.24, 2.45) is 0 Å². The van der Waals surface area contributed by atoms with Crippen molar-refractivity contribution in [3.8, 4) is 11.1 Å². The Hall–Kier alpha value is -3.33. The molecule has 0 unspecified atom stereocenters. The highest BCUT2D eigenvalue weighted by molar-refractivity contribution is 5.78. The molecule has 0 saturated heterocycles. The molecule has 0 fully saturated rings. The smallest absolute Gasteiger partial charge is 0.375 e. The first kappa shape index (κ1) is 17.1. The quantitative estimate of drug-likeness (QED) is 0.440. The highest BCUT2D eigenvalue weighted by Gasteiger charge is 2.19. The summed E-state index contributed by atoms with van der Waals surface area (Å²) in [4.78, 5) is 2.09. The van der Waals surface area contributed by atoms with Gasteiger partial charge in [-0.1, -0.05) is 54.6 Å². The van der Waals surface area contributed by atoms with Crippen molar-refractivity contribution in [2.45, 2.75) is 13.5 Å². The van der Waals surface area contributed by atoms with Crippen molar-refractivity contribution in [1.82, 2.24) is 0 Å². The van der Waals surface area contributed by atoms with E-state index >= 15 is 0 Å². The van der Waals surface area contributed by atoms with Crippen molar-refractivity contribution in [1.29, 1.82) is 0 Å². The Bertz CT molecular complexity index is 1070. The van der Waals surface area contributed by atoms with Gasteiger partial charge in [0.15, 0.2) is 0 Å². The molecule has 0 aliphatic rings. The third-order valence-electron chi connectivity index (χ3n) is 4.76. The Morgan fingerprint density at radius 1 is 0.889 bits per heavy atom. The number of fused-ring (bicyclic) bond motifs is 1. The van der Waals surface area contributed by atoms with Crippen LogP contribution in [0.3, 0.4) is 0 Å². The minimum atomic E-state index is 0.847. The third kappa shape index (κ3) is 3.49. The number of hydrogen-bond acceptors (Lipinski definition) is 2. The number of para-hydroxylation sites is 1. The average molecular weight is 355 g/mol. The van der Waals surface area contributed by atoms with E-state index in [1.165, 1.54) is 11.1 Å². The van der Waals surface area contributed by atoms with Gasteiger partial charge in [-0.3, -0.25) is 0 Å². The van der Waals surface area contributed by atoms with E-state index in [0.29, 0.717) is 0 Å². The van der Waals surface area contributed by atoms with Gasteiger partial charge in [0.1, 0.15) is 6.54 Å². The van der Waals surface area contributed by atoms with Gasteiger partial charge in [-0.25, -0.2) is 0 Å². The van der Waals surface area contributed by atoms with Gasteiger partial charge in [0, 0.05) is 25.0 Å². The first-order valence-corrected chi connectivity index (χ1v) is 9.24. The van der Waals surface area contributed by atoms with E-state index in [0.717, 1.165) is 29.2 Å². The molecule has 27 heavy (non-hydrogen) atoms. The molecule has 0 saturated carbocycles. The second-order valence-electron chi connectivity index (χ2n) is 6.50. The Labute approximate surface area is 159 Å². The molecule has 0 aliphatic carbocycles. The molecule has 1 heterocycles. The summed E-state index contributed by atoms with van der Waals surface area (Å²) in [7, 11) is 2.04. The number of aromatic nitrogens is 1. The van der Waals surface area contributed by atoms with Gasteiger partial charge >= 0.3 is 5.89 Å². The number of anilines is 1. The zero-order valence-corrected chi connectivity index (χ0v) is 15.7. The molecular weight excluding hydrogens is 332 g/mol. The van der Waals surface area contributed by atoms with Crippen LogP contribution >= 0.6 is 0 Å². The van der Waals surface area contributed by atoms with Gasteiger partial charge in [-0.2, -0.15) is 4.57 Å². The fraction of sp³-hybridized carbons (Fsp3) is 0.125. The number of nitrogens with zero attached hydrogens (tertiary/aromatic N) is 2. The maximum absolute atomic E-state index is 6.12. The van der Waals surface area contributed by atoms with Gasteiger partial charge in [0.25, 0.3) is 5.52 Å². The SMILES string of the molecule is CC[n+]1c(/C=C/N(C)c2ccccc2)oc2ccc(-c3ccccc3)cc21. The molecule has 0 atom stereocenters. The molecule has 3 nitrogen and oxygen atoms in total. The Balaban J connectivity index is 1.70. The standard InChI is InChI=1S/C24H23N2O/c1-3-26-22-18-20(19-10-6-4-7-11-19)14-15-23(22)27-24(26)16-17-25(2)21-12-8-5-9-13-21/h4-18H,3H2,1-2H3/q+1. The largest absolute Gasteiger partial charge is 0.398 e. The third-order valence-corrected chi connectivity index (χ3v) is 4.76. The first-order chi connectivity index (χ1) is 13.3. The zero-order valence-electron chi connectivity index (χ0n) is 15.7. The Morgan fingerprint density at radius 3 is 2.30 bits per heavy atom. The van der Waals surface area contributed by atoms with Crippen LogP contribution in [0.15, 0.2) is 89.5 Å². The summed E-state index contributed by atoms with van der Waals surface area (Å²) >= 11 is 0. The van der Waals surface area contributed by atoms with Gasteiger partial charge < -0.3 is 9.32 Å². The lowest BCUT2D eigenvalue weighted by molar-refractivity contribution is -0.674. The van der Waals surface area contributed by atoms with Gasteiger partial charge in [-0.15, -0.1) is 0 Å². The Morgan fingerprint density at radius 2 is 1.59 bits per heavy atom. The maximum atomic E-state index is 6.12. The predicted octanol–water partition coefficient (Wildman–Crippen LogP) is 5.51.